The van der Waals surface area contributed by atoms with Gasteiger partial charge >= 0.3 is 0 Å². The van der Waals surface area contributed by atoms with Crippen molar-refractivity contribution in [2.45, 2.75) is 57.4 Å². The predicted molar refractivity (Wildman–Crippen MR) is 73.7 cm³/mol. The van der Waals surface area contributed by atoms with Crippen LogP contribution in [0.1, 0.15) is 51.4 Å². The first kappa shape index (κ1) is 14.3. The molecule has 2 fully saturated rings. The molecule has 0 heterocycles. The van der Waals surface area contributed by atoms with E-state index in [4.69, 9.17) is 5.73 Å². The summed E-state index contributed by atoms with van der Waals surface area (Å²) in [4.78, 5) is 0. The summed E-state index contributed by atoms with van der Waals surface area (Å²) in [5.41, 5.74) is 5.96. The van der Waals surface area contributed by atoms with Gasteiger partial charge in [0.05, 0.1) is 5.75 Å². The van der Waals surface area contributed by atoms with E-state index in [-0.39, 0.29) is 6.04 Å². The summed E-state index contributed by atoms with van der Waals surface area (Å²) < 4.78 is 26.8. The fourth-order valence-electron chi connectivity index (χ4n) is 3.28. The smallest absolute Gasteiger partial charge is 0.211 e. The minimum Gasteiger partial charge on any atom is -0.327 e. The van der Waals surface area contributed by atoms with E-state index >= 15 is 0 Å². The second-order valence-corrected chi connectivity index (χ2v) is 7.84. The molecule has 0 bridgehead atoms. The molecule has 106 valence electrons. The lowest BCUT2D eigenvalue weighted by molar-refractivity contribution is 0.382. The van der Waals surface area contributed by atoms with Crippen molar-refractivity contribution in [2.75, 3.05) is 12.3 Å². The Bertz CT molecular complexity index is 350. The van der Waals surface area contributed by atoms with Crippen LogP contribution in [-0.2, 0) is 10.0 Å². The van der Waals surface area contributed by atoms with Crippen molar-refractivity contribution in [1.82, 2.24) is 4.72 Å². The van der Waals surface area contributed by atoms with Crippen LogP contribution in [0.5, 0.6) is 0 Å². The maximum Gasteiger partial charge on any atom is 0.211 e. The molecule has 5 heteroatoms. The largest absolute Gasteiger partial charge is 0.327 e. The number of nitrogens with one attached hydrogen (secondary N) is 1. The Morgan fingerprint density at radius 3 is 2.33 bits per heavy atom. The number of hydrogen-bond donors (Lipinski definition) is 2. The molecule has 2 unspecified atom stereocenters. The van der Waals surface area contributed by atoms with E-state index in [9.17, 15) is 8.42 Å². The molecule has 0 radical (unpaired) electrons. The third kappa shape index (κ3) is 4.21. The van der Waals surface area contributed by atoms with E-state index in [1.807, 2.05) is 0 Å². The van der Waals surface area contributed by atoms with Crippen molar-refractivity contribution >= 4 is 10.0 Å². The summed E-state index contributed by atoms with van der Waals surface area (Å²) in [6.45, 7) is 0.538. The maximum absolute atomic E-state index is 12.0. The quantitative estimate of drug-likeness (QED) is 0.800. The zero-order valence-electron chi connectivity index (χ0n) is 11.1. The van der Waals surface area contributed by atoms with E-state index in [0.29, 0.717) is 24.1 Å². The monoisotopic (exact) mass is 274 g/mol. The van der Waals surface area contributed by atoms with E-state index in [1.54, 1.807) is 0 Å². The van der Waals surface area contributed by atoms with Crippen molar-refractivity contribution in [3.63, 3.8) is 0 Å². The molecule has 0 aromatic heterocycles. The van der Waals surface area contributed by atoms with Crippen LogP contribution < -0.4 is 10.5 Å². The number of hydrogen-bond acceptors (Lipinski definition) is 3. The van der Waals surface area contributed by atoms with Crippen LogP contribution in [0.15, 0.2) is 0 Å². The minimum absolute atomic E-state index is 0.183. The Morgan fingerprint density at radius 2 is 1.72 bits per heavy atom. The van der Waals surface area contributed by atoms with Gasteiger partial charge < -0.3 is 5.73 Å². The van der Waals surface area contributed by atoms with Gasteiger partial charge in [-0.3, -0.25) is 0 Å². The summed E-state index contributed by atoms with van der Waals surface area (Å²) in [5, 5.41) is 0. The number of nitrogens with two attached hydrogens (primary N) is 1. The molecule has 4 nitrogen and oxygen atoms in total. The van der Waals surface area contributed by atoms with Crippen LogP contribution in [0.4, 0.5) is 0 Å². The Labute approximate surface area is 111 Å². The molecule has 18 heavy (non-hydrogen) atoms. The predicted octanol–water partition coefficient (Wildman–Crippen LogP) is 1.61. The number of rotatable bonds is 5. The van der Waals surface area contributed by atoms with Crippen LogP contribution in [0, 0.1) is 11.8 Å². The first-order valence-electron chi connectivity index (χ1n) is 7.30. The topological polar surface area (TPSA) is 72.2 Å². The van der Waals surface area contributed by atoms with Gasteiger partial charge in [-0.05, 0) is 37.5 Å². The van der Waals surface area contributed by atoms with Crippen molar-refractivity contribution in [2.24, 2.45) is 17.6 Å². The zero-order chi connectivity index (χ0) is 13.0. The molecule has 0 aliphatic heterocycles. The average Bonchev–Trinajstić information content (AvgIpc) is 2.73. The van der Waals surface area contributed by atoms with Gasteiger partial charge in [0.25, 0.3) is 0 Å². The Balaban J connectivity index is 1.76. The lowest BCUT2D eigenvalue weighted by Crippen LogP contribution is -2.38. The minimum atomic E-state index is -3.10. The van der Waals surface area contributed by atoms with Crippen LogP contribution in [-0.4, -0.2) is 26.8 Å². The van der Waals surface area contributed by atoms with Crippen LogP contribution in [0.2, 0.25) is 0 Å². The van der Waals surface area contributed by atoms with Gasteiger partial charge in [-0.2, -0.15) is 0 Å². The molecule has 0 spiro atoms. The van der Waals surface area contributed by atoms with Crippen molar-refractivity contribution in [3.8, 4) is 0 Å². The van der Waals surface area contributed by atoms with Gasteiger partial charge in [-0.15, -0.1) is 0 Å². The summed E-state index contributed by atoms with van der Waals surface area (Å²) >= 11 is 0. The standard InChI is InChI=1S/C13H26N2O2S/c14-13-8-4-7-12(13)9-15-18(16,17)10-11-5-2-1-3-6-11/h11-13,15H,1-10,14H2. The summed E-state index contributed by atoms with van der Waals surface area (Å²) in [5.74, 6) is 1.02. The fourth-order valence-corrected chi connectivity index (χ4v) is 4.82. The van der Waals surface area contributed by atoms with Gasteiger partial charge in [-0.1, -0.05) is 25.7 Å². The Hall–Kier alpha value is -0.130. The highest BCUT2D eigenvalue weighted by Gasteiger charge is 2.26. The molecule has 2 aliphatic rings. The first-order chi connectivity index (χ1) is 8.57. The highest BCUT2D eigenvalue weighted by atomic mass is 32.2. The van der Waals surface area contributed by atoms with E-state index in [1.165, 1.54) is 19.3 Å². The normalized spacial score (nSPS) is 30.7. The van der Waals surface area contributed by atoms with Crippen molar-refractivity contribution < 1.29 is 8.42 Å². The molecular formula is C13H26N2O2S. The van der Waals surface area contributed by atoms with E-state index in [0.717, 1.165) is 32.1 Å². The van der Waals surface area contributed by atoms with Crippen LogP contribution in [0.3, 0.4) is 0 Å². The summed E-state index contributed by atoms with van der Waals surface area (Å²) in [6.07, 6.45) is 9.02. The van der Waals surface area contributed by atoms with Gasteiger partial charge in [0, 0.05) is 12.6 Å². The lowest BCUT2D eigenvalue weighted by atomic mass is 9.91. The molecule has 0 saturated heterocycles. The SMILES string of the molecule is NC1CCCC1CNS(=O)(=O)CC1CCCCC1. The third-order valence-corrected chi connectivity index (χ3v) is 5.98. The molecule has 0 aromatic rings. The highest BCUT2D eigenvalue weighted by Crippen LogP contribution is 2.25. The van der Waals surface area contributed by atoms with Gasteiger partial charge in [0.15, 0.2) is 0 Å². The summed E-state index contributed by atoms with van der Waals surface area (Å²) in [6, 6.07) is 0.183. The molecule has 2 rings (SSSR count). The van der Waals surface area contributed by atoms with Crippen LogP contribution in [0.25, 0.3) is 0 Å². The first-order valence-corrected chi connectivity index (χ1v) is 8.95. The molecule has 2 saturated carbocycles. The lowest BCUT2D eigenvalue weighted by Gasteiger charge is -2.22. The third-order valence-electron chi connectivity index (χ3n) is 4.46. The van der Waals surface area contributed by atoms with Crippen molar-refractivity contribution in [3.05, 3.63) is 0 Å². The second kappa shape index (κ2) is 6.35. The van der Waals surface area contributed by atoms with Crippen LogP contribution >= 0.6 is 0 Å². The molecule has 3 N–H and O–H groups in total. The van der Waals surface area contributed by atoms with Gasteiger partial charge in [0.1, 0.15) is 0 Å². The Kier molecular flexibility index (Phi) is 5.04. The highest BCUT2D eigenvalue weighted by molar-refractivity contribution is 7.89. The molecule has 2 aliphatic carbocycles. The summed E-state index contributed by atoms with van der Waals surface area (Å²) in [7, 11) is -3.10. The zero-order valence-corrected chi connectivity index (χ0v) is 11.9. The molecule has 0 amide bonds. The number of sulfonamides is 1. The average molecular weight is 274 g/mol. The molecule has 2 atom stereocenters. The van der Waals surface area contributed by atoms with Gasteiger partial charge in [-0.25, -0.2) is 13.1 Å². The van der Waals surface area contributed by atoms with E-state index in [2.05, 4.69) is 4.72 Å². The molecule has 0 aromatic carbocycles. The maximum atomic E-state index is 12.0. The van der Waals surface area contributed by atoms with Gasteiger partial charge in [0.2, 0.25) is 10.0 Å². The van der Waals surface area contributed by atoms with Crippen molar-refractivity contribution in [1.29, 1.82) is 0 Å². The van der Waals surface area contributed by atoms with E-state index < -0.39 is 10.0 Å². The Morgan fingerprint density at radius 1 is 1.00 bits per heavy atom. The second-order valence-electron chi connectivity index (χ2n) is 5.99. The molecular weight excluding hydrogens is 248 g/mol. The fraction of sp³-hybridized carbons (Fsp3) is 1.00.